The van der Waals surface area contributed by atoms with Crippen LogP contribution in [0.3, 0.4) is 0 Å². The van der Waals surface area contributed by atoms with Crippen molar-refractivity contribution >= 4 is 28.0 Å². The second kappa shape index (κ2) is 6.33. The highest BCUT2D eigenvalue weighted by Crippen LogP contribution is 2.31. The highest BCUT2D eigenvalue weighted by Gasteiger charge is 2.24. The largest absolute Gasteiger partial charge is 0.381 e. The molecule has 0 spiro atoms. The summed E-state index contributed by atoms with van der Waals surface area (Å²) >= 11 is 1.49. The topological polar surface area (TPSA) is 55.6 Å². The molecule has 0 radical (unpaired) electrons. The lowest BCUT2D eigenvalue weighted by Gasteiger charge is -2.21. The van der Waals surface area contributed by atoms with Crippen LogP contribution in [0, 0.1) is 11.7 Å². The molecule has 1 fully saturated rings. The van der Waals surface area contributed by atoms with Gasteiger partial charge in [-0.05, 0) is 37.1 Å². The zero-order chi connectivity index (χ0) is 16.5. The van der Waals surface area contributed by atoms with Crippen LogP contribution in [0.4, 0.5) is 10.2 Å². The van der Waals surface area contributed by atoms with Gasteiger partial charge in [0.05, 0.1) is 0 Å². The molecule has 0 saturated carbocycles. The molecule has 7 heteroatoms. The number of nitrogens with zero attached hydrogens (tertiary/aromatic N) is 2. The van der Waals surface area contributed by atoms with Gasteiger partial charge in [-0.3, -0.25) is 9.20 Å². The minimum Gasteiger partial charge on any atom is -0.381 e. The third-order valence-corrected chi connectivity index (χ3v) is 4.97. The van der Waals surface area contributed by atoms with Crippen molar-refractivity contribution in [1.29, 1.82) is 0 Å². The molecule has 4 rings (SSSR count). The van der Waals surface area contributed by atoms with Gasteiger partial charge in [-0.25, -0.2) is 9.37 Å². The number of hydrogen-bond acceptors (Lipinski definition) is 4. The Balaban J connectivity index is 1.70. The van der Waals surface area contributed by atoms with E-state index in [0.717, 1.165) is 23.4 Å². The molecule has 1 aliphatic heterocycles. The van der Waals surface area contributed by atoms with Gasteiger partial charge in [-0.2, -0.15) is 0 Å². The van der Waals surface area contributed by atoms with Gasteiger partial charge >= 0.3 is 0 Å². The maximum Gasteiger partial charge on any atom is 0.228 e. The average Bonchev–Trinajstić information content (AvgIpc) is 3.19. The summed E-state index contributed by atoms with van der Waals surface area (Å²) in [6.07, 6.45) is 3.33. The first-order chi connectivity index (χ1) is 11.7. The number of ether oxygens (including phenoxy) is 1. The van der Waals surface area contributed by atoms with Crippen LogP contribution in [-0.2, 0) is 9.53 Å². The molecule has 3 aromatic rings. The number of amides is 1. The quantitative estimate of drug-likeness (QED) is 0.789. The number of rotatable bonds is 3. The van der Waals surface area contributed by atoms with E-state index >= 15 is 0 Å². The normalized spacial score (nSPS) is 15.7. The molecule has 0 unspecified atom stereocenters. The molecule has 124 valence electrons. The Morgan fingerprint density at radius 2 is 2.04 bits per heavy atom. The zero-order valence-corrected chi connectivity index (χ0v) is 13.7. The second-order valence-electron chi connectivity index (χ2n) is 5.75. The molecule has 0 aliphatic carbocycles. The zero-order valence-electron chi connectivity index (χ0n) is 12.9. The molecule has 1 aromatic carbocycles. The number of imidazole rings is 1. The Bertz CT molecular complexity index is 866. The molecule has 1 amide bonds. The van der Waals surface area contributed by atoms with Gasteiger partial charge in [0, 0.05) is 36.3 Å². The fourth-order valence-electron chi connectivity index (χ4n) is 2.89. The first-order valence-corrected chi connectivity index (χ1v) is 8.70. The molecule has 0 bridgehead atoms. The van der Waals surface area contributed by atoms with Crippen LogP contribution < -0.4 is 5.32 Å². The van der Waals surface area contributed by atoms with Crippen molar-refractivity contribution in [3.8, 4) is 11.3 Å². The van der Waals surface area contributed by atoms with E-state index in [1.54, 1.807) is 12.1 Å². The van der Waals surface area contributed by atoms with Crippen molar-refractivity contribution in [2.75, 3.05) is 18.5 Å². The number of carbonyl (C=O) groups is 1. The molecule has 2 aromatic heterocycles. The number of carbonyl (C=O) groups excluding carboxylic acids is 1. The smallest absolute Gasteiger partial charge is 0.228 e. The van der Waals surface area contributed by atoms with Gasteiger partial charge in [-0.15, -0.1) is 11.3 Å². The summed E-state index contributed by atoms with van der Waals surface area (Å²) < 4.78 is 20.4. The van der Waals surface area contributed by atoms with Gasteiger partial charge in [0.15, 0.2) is 4.96 Å². The molecule has 1 saturated heterocycles. The minimum absolute atomic E-state index is 0.0188. The van der Waals surface area contributed by atoms with E-state index in [1.807, 2.05) is 16.0 Å². The fraction of sp³-hybridized carbons (Fsp3) is 0.294. The van der Waals surface area contributed by atoms with Crippen LogP contribution in [0.5, 0.6) is 0 Å². The lowest BCUT2D eigenvalue weighted by Crippen LogP contribution is -2.29. The van der Waals surface area contributed by atoms with Crippen LogP contribution in [0.25, 0.3) is 16.2 Å². The van der Waals surface area contributed by atoms with Crippen LogP contribution in [-0.4, -0.2) is 28.5 Å². The Morgan fingerprint density at radius 1 is 1.29 bits per heavy atom. The van der Waals surface area contributed by atoms with Crippen molar-refractivity contribution in [3.05, 3.63) is 41.7 Å². The van der Waals surface area contributed by atoms with Crippen molar-refractivity contribution in [3.63, 3.8) is 0 Å². The van der Waals surface area contributed by atoms with Crippen molar-refractivity contribution in [1.82, 2.24) is 9.38 Å². The van der Waals surface area contributed by atoms with Gasteiger partial charge in [0.2, 0.25) is 5.91 Å². The molecule has 1 aliphatic rings. The van der Waals surface area contributed by atoms with Crippen molar-refractivity contribution in [2.24, 2.45) is 5.92 Å². The first kappa shape index (κ1) is 15.3. The molecule has 3 heterocycles. The Labute approximate surface area is 142 Å². The molecule has 0 atom stereocenters. The van der Waals surface area contributed by atoms with Crippen molar-refractivity contribution < 1.29 is 13.9 Å². The summed E-state index contributed by atoms with van der Waals surface area (Å²) in [4.78, 5) is 18.0. The Kier molecular flexibility index (Phi) is 4.03. The minimum atomic E-state index is -0.299. The summed E-state index contributed by atoms with van der Waals surface area (Å²) in [6.45, 7) is 1.23. The Hall–Kier alpha value is -2.25. The predicted molar refractivity (Wildman–Crippen MR) is 90.6 cm³/mol. The summed E-state index contributed by atoms with van der Waals surface area (Å²) in [5.41, 5.74) is 1.43. The SMILES string of the molecule is O=C(Nc1c(-c2ccc(F)cc2)nc2sccn12)C1CCOCC1. The number of thiazole rings is 1. The molecular weight excluding hydrogens is 329 g/mol. The standard InChI is InChI=1S/C17H16FN3O2S/c18-13-3-1-11(2-4-13)14-15(21-7-10-24-17(21)19-14)20-16(22)12-5-8-23-9-6-12/h1-4,7,10,12H,5-6,8-9H2,(H,20,22). The van der Waals surface area contributed by atoms with Gasteiger partial charge in [0.25, 0.3) is 0 Å². The molecular formula is C17H16FN3O2S. The van der Waals surface area contributed by atoms with Crippen LogP contribution in [0.15, 0.2) is 35.8 Å². The summed E-state index contributed by atoms with van der Waals surface area (Å²) in [5.74, 6) is 0.264. The maximum atomic E-state index is 13.2. The van der Waals surface area contributed by atoms with Crippen LogP contribution in [0.2, 0.25) is 0 Å². The lowest BCUT2D eigenvalue weighted by molar-refractivity contribution is -0.122. The maximum absolute atomic E-state index is 13.2. The third kappa shape index (κ3) is 2.81. The molecule has 24 heavy (non-hydrogen) atoms. The number of fused-ring (bicyclic) bond motifs is 1. The van der Waals surface area contributed by atoms with Crippen LogP contribution >= 0.6 is 11.3 Å². The van der Waals surface area contributed by atoms with Gasteiger partial charge in [0.1, 0.15) is 17.3 Å². The first-order valence-electron chi connectivity index (χ1n) is 7.82. The highest BCUT2D eigenvalue weighted by atomic mass is 32.1. The number of hydrogen-bond donors (Lipinski definition) is 1. The van der Waals surface area contributed by atoms with Gasteiger partial charge < -0.3 is 10.1 Å². The summed E-state index contributed by atoms with van der Waals surface area (Å²) in [5, 5.41) is 4.94. The fourth-order valence-corrected chi connectivity index (χ4v) is 3.61. The number of halogens is 1. The molecule has 1 N–H and O–H groups in total. The third-order valence-electron chi connectivity index (χ3n) is 4.21. The van der Waals surface area contributed by atoms with E-state index < -0.39 is 0 Å². The average molecular weight is 345 g/mol. The number of anilines is 1. The van der Waals surface area contributed by atoms with E-state index in [-0.39, 0.29) is 17.6 Å². The predicted octanol–water partition coefficient (Wildman–Crippen LogP) is 3.57. The van der Waals surface area contributed by atoms with E-state index in [2.05, 4.69) is 10.3 Å². The van der Waals surface area contributed by atoms with E-state index in [1.165, 1.54) is 23.5 Å². The summed E-state index contributed by atoms with van der Waals surface area (Å²) in [7, 11) is 0. The van der Waals surface area contributed by atoms with Crippen molar-refractivity contribution in [2.45, 2.75) is 12.8 Å². The second-order valence-corrected chi connectivity index (χ2v) is 6.62. The monoisotopic (exact) mass is 345 g/mol. The number of nitrogens with one attached hydrogen (secondary N) is 1. The Morgan fingerprint density at radius 3 is 2.79 bits per heavy atom. The number of benzene rings is 1. The number of aromatic nitrogens is 2. The van der Waals surface area contributed by atoms with Gasteiger partial charge in [-0.1, -0.05) is 0 Å². The summed E-state index contributed by atoms with van der Waals surface area (Å²) in [6, 6.07) is 6.14. The highest BCUT2D eigenvalue weighted by molar-refractivity contribution is 7.15. The molecule has 5 nitrogen and oxygen atoms in total. The lowest BCUT2D eigenvalue weighted by atomic mass is 9.99. The van der Waals surface area contributed by atoms with E-state index in [0.29, 0.717) is 24.7 Å². The van der Waals surface area contributed by atoms with E-state index in [9.17, 15) is 9.18 Å². The van der Waals surface area contributed by atoms with Crippen LogP contribution in [0.1, 0.15) is 12.8 Å². The van der Waals surface area contributed by atoms with E-state index in [4.69, 9.17) is 4.74 Å².